The summed E-state index contributed by atoms with van der Waals surface area (Å²) in [5.74, 6) is 0.847. The molecule has 1 fully saturated rings. The monoisotopic (exact) mass is 289 g/mol. The second-order valence-electron chi connectivity index (χ2n) is 6.70. The van der Waals surface area contributed by atoms with Crippen molar-refractivity contribution in [2.75, 3.05) is 13.1 Å². The minimum absolute atomic E-state index is 0.388. The summed E-state index contributed by atoms with van der Waals surface area (Å²) in [6.45, 7) is 7.74. The van der Waals surface area contributed by atoms with E-state index in [1.54, 1.807) is 12.1 Å². The molecule has 1 aliphatic heterocycles. The molecule has 0 atom stereocenters. The molecule has 1 aromatic carbocycles. The van der Waals surface area contributed by atoms with Gasteiger partial charge in [0.1, 0.15) is 0 Å². The van der Waals surface area contributed by atoms with E-state index in [0.717, 1.165) is 37.0 Å². The normalized spacial score (nSPS) is 17.3. The third-order valence-corrected chi connectivity index (χ3v) is 4.44. The van der Waals surface area contributed by atoms with Crippen LogP contribution in [-0.2, 0) is 6.54 Å². The summed E-state index contributed by atoms with van der Waals surface area (Å²) >= 11 is 0. The number of carboxylic acid groups (broad SMARTS) is 1. The smallest absolute Gasteiger partial charge is 0.335 e. The number of carboxylic acids is 1. The van der Waals surface area contributed by atoms with Crippen LogP contribution in [0.1, 0.15) is 55.5 Å². The maximum absolute atomic E-state index is 11.0. The summed E-state index contributed by atoms with van der Waals surface area (Å²) < 4.78 is 0. The molecule has 0 aromatic heterocycles. The number of aromatic carboxylic acids is 1. The minimum atomic E-state index is -0.843. The van der Waals surface area contributed by atoms with Crippen LogP contribution in [0.5, 0.6) is 0 Å². The van der Waals surface area contributed by atoms with E-state index < -0.39 is 5.97 Å². The molecule has 0 bridgehead atoms. The van der Waals surface area contributed by atoms with Gasteiger partial charge in [-0.05, 0) is 55.5 Å². The van der Waals surface area contributed by atoms with Crippen molar-refractivity contribution in [2.45, 2.75) is 46.1 Å². The van der Waals surface area contributed by atoms with E-state index in [0.29, 0.717) is 5.56 Å². The Morgan fingerprint density at radius 2 is 2.05 bits per heavy atom. The maximum Gasteiger partial charge on any atom is 0.335 e. The number of nitrogens with zero attached hydrogens (tertiary/aromatic N) is 1. The van der Waals surface area contributed by atoms with Crippen molar-refractivity contribution >= 4 is 5.97 Å². The lowest BCUT2D eigenvalue weighted by molar-refractivity contribution is 0.0696. The van der Waals surface area contributed by atoms with Crippen LogP contribution >= 0.6 is 0 Å². The fraction of sp³-hybridized carbons (Fsp3) is 0.611. The van der Waals surface area contributed by atoms with Crippen molar-refractivity contribution in [1.29, 1.82) is 0 Å². The fourth-order valence-corrected chi connectivity index (χ4v) is 3.06. The maximum atomic E-state index is 11.0. The Labute approximate surface area is 128 Å². The van der Waals surface area contributed by atoms with E-state index in [2.05, 4.69) is 18.7 Å². The highest BCUT2D eigenvalue weighted by Gasteiger charge is 2.19. The van der Waals surface area contributed by atoms with E-state index in [4.69, 9.17) is 5.11 Å². The molecule has 0 aliphatic carbocycles. The van der Waals surface area contributed by atoms with Gasteiger partial charge in [0.05, 0.1) is 5.56 Å². The zero-order valence-corrected chi connectivity index (χ0v) is 13.2. The second kappa shape index (κ2) is 7.60. The highest BCUT2D eigenvalue weighted by molar-refractivity contribution is 5.87. The van der Waals surface area contributed by atoms with Gasteiger partial charge >= 0.3 is 5.97 Å². The molecule has 21 heavy (non-hydrogen) atoms. The molecule has 1 heterocycles. The first kappa shape index (κ1) is 16.0. The molecule has 0 spiro atoms. The summed E-state index contributed by atoms with van der Waals surface area (Å²) in [6.07, 6.45) is 5.27. The lowest BCUT2D eigenvalue weighted by Gasteiger charge is -2.32. The van der Waals surface area contributed by atoms with E-state index in [1.165, 1.54) is 25.7 Å². The molecular weight excluding hydrogens is 262 g/mol. The summed E-state index contributed by atoms with van der Waals surface area (Å²) in [4.78, 5) is 13.5. The molecular formula is C18H27NO2. The van der Waals surface area contributed by atoms with Crippen molar-refractivity contribution in [3.63, 3.8) is 0 Å². The Morgan fingerprint density at radius 3 is 2.67 bits per heavy atom. The van der Waals surface area contributed by atoms with Gasteiger partial charge in [0, 0.05) is 6.54 Å². The first-order valence-corrected chi connectivity index (χ1v) is 8.09. The van der Waals surface area contributed by atoms with Crippen molar-refractivity contribution in [3.8, 4) is 0 Å². The predicted octanol–water partition coefficient (Wildman–Crippen LogP) is 4.03. The van der Waals surface area contributed by atoms with Crippen LogP contribution in [0.25, 0.3) is 0 Å². The third kappa shape index (κ3) is 5.16. The number of likely N-dealkylation sites (tertiary alicyclic amines) is 1. The van der Waals surface area contributed by atoms with Crippen LogP contribution in [0, 0.1) is 11.8 Å². The summed E-state index contributed by atoms with van der Waals surface area (Å²) in [6, 6.07) is 7.32. The Hall–Kier alpha value is -1.35. The zero-order valence-electron chi connectivity index (χ0n) is 13.2. The molecule has 116 valence electrons. The Kier molecular flexibility index (Phi) is 5.80. The summed E-state index contributed by atoms with van der Waals surface area (Å²) in [5.41, 5.74) is 1.50. The SMILES string of the molecule is CC(C)CCC1CCN(Cc2cccc(C(=O)O)c2)CC1. The predicted molar refractivity (Wildman–Crippen MR) is 85.5 cm³/mol. The van der Waals surface area contributed by atoms with E-state index in [1.807, 2.05) is 12.1 Å². The van der Waals surface area contributed by atoms with Crippen molar-refractivity contribution in [1.82, 2.24) is 4.90 Å². The number of carbonyl (C=O) groups is 1. The molecule has 0 unspecified atom stereocenters. The quantitative estimate of drug-likeness (QED) is 0.859. The van der Waals surface area contributed by atoms with Gasteiger partial charge in [-0.3, -0.25) is 4.90 Å². The van der Waals surface area contributed by atoms with Crippen molar-refractivity contribution < 1.29 is 9.90 Å². The average molecular weight is 289 g/mol. The highest BCUT2D eigenvalue weighted by Crippen LogP contribution is 2.24. The number of benzene rings is 1. The molecule has 3 heteroatoms. The highest BCUT2D eigenvalue weighted by atomic mass is 16.4. The molecule has 1 N–H and O–H groups in total. The number of rotatable bonds is 6. The molecule has 1 aromatic rings. The van der Waals surface area contributed by atoms with Crippen molar-refractivity contribution in [2.24, 2.45) is 11.8 Å². The van der Waals surface area contributed by atoms with Crippen LogP contribution in [0.4, 0.5) is 0 Å². The van der Waals surface area contributed by atoms with Gasteiger partial charge in [0.15, 0.2) is 0 Å². The molecule has 1 aliphatic rings. The molecule has 3 nitrogen and oxygen atoms in total. The Balaban J connectivity index is 1.80. The minimum Gasteiger partial charge on any atom is -0.478 e. The van der Waals surface area contributed by atoms with Crippen LogP contribution in [0.2, 0.25) is 0 Å². The third-order valence-electron chi connectivity index (χ3n) is 4.44. The van der Waals surface area contributed by atoms with Gasteiger partial charge in [-0.25, -0.2) is 4.79 Å². The Morgan fingerprint density at radius 1 is 1.33 bits per heavy atom. The van der Waals surface area contributed by atoms with Gasteiger partial charge in [0.25, 0.3) is 0 Å². The molecule has 0 amide bonds. The van der Waals surface area contributed by atoms with Crippen LogP contribution in [0.3, 0.4) is 0 Å². The van der Waals surface area contributed by atoms with Gasteiger partial charge in [-0.2, -0.15) is 0 Å². The first-order valence-electron chi connectivity index (χ1n) is 8.09. The second-order valence-corrected chi connectivity index (χ2v) is 6.70. The van der Waals surface area contributed by atoms with E-state index in [-0.39, 0.29) is 0 Å². The van der Waals surface area contributed by atoms with Gasteiger partial charge in [0.2, 0.25) is 0 Å². The number of hydrogen-bond donors (Lipinski definition) is 1. The molecule has 2 rings (SSSR count). The van der Waals surface area contributed by atoms with Gasteiger partial charge < -0.3 is 5.11 Å². The van der Waals surface area contributed by atoms with Gasteiger partial charge in [-0.15, -0.1) is 0 Å². The van der Waals surface area contributed by atoms with E-state index >= 15 is 0 Å². The average Bonchev–Trinajstić information content (AvgIpc) is 2.47. The van der Waals surface area contributed by atoms with Crippen LogP contribution in [-0.4, -0.2) is 29.1 Å². The van der Waals surface area contributed by atoms with Crippen LogP contribution < -0.4 is 0 Å². The van der Waals surface area contributed by atoms with Crippen LogP contribution in [0.15, 0.2) is 24.3 Å². The van der Waals surface area contributed by atoms with Gasteiger partial charge in [-0.1, -0.05) is 38.8 Å². The summed E-state index contributed by atoms with van der Waals surface area (Å²) in [5, 5.41) is 9.04. The fourth-order valence-electron chi connectivity index (χ4n) is 3.06. The zero-order chi connectivity index (χ0) is 15.2. The van der Waals surface area contributed by atoms with Crippen molar-refractivity contribution in [3.05, 3.63) is 35.4 Å². The lowest BCUT2D eigenvalue weighted by atomic mass is 9.89. The molecule has 1 saturated heterocycles. The summed E-state index contributed by atoms with van der Waals surface area (Å²) in [7, 11) is 0. The Bertz CT molecular complexity index is 462. The largest absolute Gasteiger partial charge is 0.478 e. The topological polar surface area (TPSA) is 40.5 Å². The number of piperidine rings is 1. The van der Waals surface area contributed by atoms with E-state index in [9.17, 15) is 4.79 Å². The lowest BCUT2D eigenvalue weighted by Crippen LogP contribution is -2.33. The molecule has 0 saturated carbocycles. The number of hydrogen-bond acceptors (Lipinski definition) is 2. The molecule has 0 radical (unpaired) electrons. The standard InChI is InChI=1S/C18H27NO2/c1-14(2)6-7-15-8-10-19(11-9-15)13-16-4-3-5-17(12-16)18(20)21/h3-5,12,14-15H,6-11,13H2,1-2H3,(H,20,21). The first-order chi connectivity index (χ1) is 10.0.